The maximum Gasteiger partial charge on any atom is 1.00 e. The van der Waals surface area contributed by atoms with Crippen LogP contribution in [0.25, 0.3) is 0 Å². The van der Waals surface area contributed by atoms with Crippen molar-refractivity contribution in [1.29, 1.82) is 0 Å². The number of hydrogen-bond acceptors (Lipinski definition) is 8. The minimum atomic E-state index is -5.54. The summed E-state index contributed by atoms with van der Waals surface area (Å²) in [6.45, 7) is -0.646. The van der Waals surface area contributed by atoms with Gasteiger partial charge in [0.15, 0.2) is 6.10 Å². The Morgan fingerprint density at radius 3 is 2.31 bits per heavy atom. The van der Waals surface area contributed by atoms with Gasteiger partial charge < -0.3 is 19.5 Å². The van der Waals surface area contributed by atoms with E-state index in [2.05, 4.69) is 13.4 Å². The van der Waals surface area contributed by atoms with Gasteiger partial charge in [-0.2, -0.15) is 0 Å². The van der Waals surface area contributed by atoms with Gasteiger partial charge in [0, 0.05) is 0 Å². The molecule has 2 atom stereocenters. The SMILES string of the molecule is O=C(O)C1COP(=O)(OP(=O)([O-])[O-])O1.[Na+].[Na+]. The molecule has 1 fully saturated rings. The van der Waals surface area contributed by atoms with E-state index in [4.69, 9.17) is 5.11 Å². The number of phosphoric ester groups is 1. The molecule has 0 aliphatic carbocycles. The molecule has 0 aromatic carbocycles. The first-order chi connectivity index (χ1) is 6.22. The van der Waals surface area contributed by atoms with Crippen LogP contribution in [0.5, 0.6) is 0 Å². The first kappa shape index (κ1) is 20.1. The van der Waals surface area contributed by atoms with E-state index >= 15 is 0 Å². The molecule has 1 saturated heterocycles. The molecule has 0 spiro atoms. The van der Waals surface area contributed by atoms with E-state index in [0.29, 0.717) is 0 Å². The topological polar surface area (TPSA) is 145 Å². The molecule has 0 aromatic rings. The van der Waals surface area contributed by atoms with Gasteiger partial charge in [0.25, 0.3) is 0 Å². The molecule has 1 aliphatic heterocycles. The zero-order valence-corrected chi connectivity index (χ0v) is 14.2. The van der Waals surface area contributed by atoms with Crippen molar-refractivity contribution in [2.24, 2.45) is 0 Å². The van der Waals surface area contributed by atoms with Crippen molar-refractivity contribution in [2.45, 2.75) is 6.10 Å². The summed E-state index contributed by atoms with van der Waals surface area (Å²) in [5, 5.41) is 8.34. The molecule has 1 N–H and O–H groups in total. The fourth-order valence-electron chi connectivity index (χ4n) is 0.657. The van der Waals surface area contributed by atoms with E-state index in [1.807, 2.05) is 0 Å². The summed E-state index contributed by atoms with van der Waals surface area (Å²) in [4.78, 5) is 30.3. The van der Waals surface area contributed by atoms with Gasteiger partial charge in [0.1, 0.15) is 0 Å². The summed E-state index contributed by atoms with van der Waals surface area (Å²) < 4.78 is 32.8. The standard InChI is InChI=1S/C3H6O9P2.2Na/c4-3(5)2-1-10-14(9,11-2)12-13(6,7)8;;/h2H,1H2,(H,4,5)(H2,6,7,8);;/q;2*+1/p-2. The van der Waals surface area contributed by atoms with Crippen molar-refractivity contribution >= 4 is 21.6 Å². The molecule has 9 nitrogen and oxygen atoms in total. The maximum atomic E-state index is 11.0. The first-order valence-corrected chi connectivity index (χ1v) is 6.03. The van der Waals surface area contributed by atoms with Crippen LogP contribution in [0.2, 0.25) is 0 Å². The van der Waals surface area contributed by atoms with Gasteiger partial charge in [-0.05, 0) is 0 Å². The third-order valence-corrected chi connectivity index (χ3v) is 3.69. The van der Waals surface area contributed by atoms with Gasteiger partial charge in [-0.25, -0.2) is 9.36 Å². The van der Waals surface area contributed by atoms with E-state index < -0.39 is 34.3 Å². The van der Waals surface area contributed by atoms with E-state index in [1.165, 1.54) is 0 Å². The molecular formula is C3H4Na2O9P2. The fraction of sp³-hybridized carbons (Fsp3) is 0.667. The van der Waals surface area contributed by atoms with Crippen LogP contribution in [0.15, 0.2) is 0 Å². The van der Waals surface area contributed by atoms with Crippen molar-refractivity contribution in [1.82, 2.24) is 0 Å². The van der Waals surface area contributed by atoms with Crippen LogP contribution in [-0.4, -0.2) is 23.8 Å². The van der Waals surface area contributed by atoms with E-state index in [9.17, 15) is 23.7 Å². The molecular weight excluding hydrogens is 288 g/mol. The number of rotatable bonds is 3. The normalized spacial score (nSPS) is 29.0. The third-order valence-electron chi connectivity index (χ3n) is 1.12. The van der Waals surface area contributed by atoms with Crippen LogP contribution in [0, 0.1) is 0 Å². The molecule has 0 saturated carbocycles. The van der Waals surface area contributed by atoms with Gasteiger partial charge in [-0.3, -0.25) is 13.4 Å². The molecule has 1 aliphatic rings. The Bertz CT molecular complexity index is 338. The summed E-state index contributed by atoms with van der Waals surface area (Å²) >= 11 is 0. The van der Waals surface area contributed by atoms with Crippen molar-refractivity contribution in [3.63, 3.8) is 0 Å². The van der Waals surface area contributed by atoms with E-state index in [-0.39, 0.29) is 59.1 Å². The molecule has 1 rings (SSSR count). The molecule has 0 bridgehead atoms. The van der Waals surface area contributed by atoms with Crippen LogP contribution in [-0.2, 0) is 27.3 Å². The number of carboxylic acid groups (broad SMARTS) is 1. The van der Waals surface area contributed by atoms with Crippen molar-refractivity contribution < 1.29 is 101 Å². The van der Waals surface area contributed by atoms with Crippen LogP contribution in [0.1, 0.15) is 0 Å². The summed E-state index contributed by atoms with van der Waals surface area (Å²) in [6, 6.07) is 0. The van der Waals surface area contributed by atoms with E-state index in [1.54, 1.807) is 0 Å². The molecule has 16 heavy (non-hydrogen) atoms. The largest absolute Gasteiger partial charge is 1.00 e. The Kier molecular flexibility index (Phi) is 9.21. The van der Waals surface area contributed by atoms with Crippen molar-refractivity contribution in [3.8, 4) is 0 Å². The van der Waals surface area contributed by atoms with Crippen molar-refractivity contribution in [3.05, 3.63) is 0 Å². The molecule has 82 valence electrons. The maximum absolute atomic E-state index is 11.0. The Morgan fingerprint density at radius 2 is 2.00 bits per heavy atom. The summed E-state index contributed by atoms with van der Waals surface area (Å²) in [5.41, 5.74) is 0. The molecule has 13 heteroatoms. The van der Waals surface area contributed by atoms with Gasteiger partial charge in [-0.1, -0.05) is 0 Å². The van der Waals surface area contributed by atoms with Gasteiger partial charge in [0.2, 0.25) is 0 Å². The summed E-state index contributed by atoms with van der Waals surface area (Å²) in [6.07, 6.45) is -1.60. The number of aliphatic carboxylic acids is 1. The number of phosphoric acid groups is 2. The average molecular weight is 292 g/mol. The molecule has 1 heterocycles. The monoisotopic (exact) mass is 292 g/mol. The zero-order valence-electron chi connectivity index (χ0n) is 8.39. The first-order valence-electron chi connectivity index (χ1n) is 3.11. The predicted molar refractivity (Wildman–Crippen MR) is 34.8 cm³/mol. The number of hydrogen-bond donors (Lipinski definition) is 1. The Balaban J connectivity index is 0. The Labute approximate surface area is 134 Å². The second-order valence-corrected chi connectivity index (χ2v) is 5.12. The smallest absolute Gasteiger partial charge is 0.789 e. The minimum absolute atomic E-state index is 0. The third kappa shape index (κ3) is 6.61. The minimum Gasteiger partial charge on any atom is -0.789 e. The second kappa shape index (κ2) is 7.35. The van der Waals surface area contributed by atoms with Gasteiger partial charge in [-0.15, -0.1) is 0 Å². The van der Waals surface area contributed by atoms with Gasteiger partial charge in [0.05, 0.1) is 14.4 Å². The summed E-state index contributed by atoms with van der Waals surface area (Å²) in [5.74, 6) is -1.50. The van der Waals surface area contributed by atoms with Crippen LogP contribution >= 0.6 is 15.6 Å². The summed E-state index contributed by atoms with van der Waals surface area (Å²) in [7, 11) is -10.1. The molecule has 0 radical (unpaired) electrons. The Morgan fingerprint density at radius 1 is 1.50 bits per heavy atom. The number of carboxylic acids is 1. The van der Waals surface area contributed by atoms with Crippen molar-refractivity contribution in [2.75, 3.05) is 6.61 Å². The number of carbonyl (C=O) groups is 1. The quantitative estimate of drug-likeness (QED) is 0.396. The zero-order chi connectivity index (χ0) is 11.0. The molecule has 2 unspecified atom stereocenters. The van der Waals surface area contributed by atoms with Crippen LogP contribution in [0.4, 0.5) is 0 Å². The molecule has 0 amide bonds. The second-order valence-electron chi connectivity index (χ2n) is 2.20. The fourth-order valence-corrected chi connectivity index (χ4v) is 2.82. The molecule has 0 aromatic heterocycles. The average Bonchev–Trinajstić information content (AvgIpc) is 2.27. The Hall–Kier alpha value is 1.73. The van der Waals surface area contributed by atoms with E-state index in [0.717, 1.165) is 0 Å². The van der Waals surface area contributed by atoms with Crippen LogP contribution in [0.3, 0.4) is 0 Å². The van der Waals surface area contributed by atoms with Gasteiger partial charge >= 0.3 is 72.9 Å². The predicted octanol–water partition coefficient (Wildman–Crippen LogP) is -7.55. The van der Waals surface area contributed by atoms with Crippen LogP contribution < -0.4 is 68.9 Å².